The number of aromatic hydroxyl groups is 1. The number of aromatic nitrogens is 1. The second-order valence-corrected chi connectivity index (χ2v) is 8.87. The van der Waals surface area contributed by atoms with Gasteiger partial charge in [-0.15, -0.1) is 0 Å². The molecule has 1 aromatic heterocycles. The van der Waals surface area contributed by atoms with E-state index in [1.165, 1.54) is 0 Å². The van der Waals surface area contributed by atoms with Gasteiger partial charge >= 0.3 is 0 Å². The van der Waals surface area contributed by atoms with Gasteiger partial charge in [0.15, 0.2) is 23.0 Å². The third kappa shape index (κ3) is 1.59. The van der Waals surface area contributed by atoms with Crippen LogP contribution in [-0.4, -0.2) is 33.4 Å². The van der Waals surface area contributed by atoms with Gasteiger partial charge in [0.2, 0.25) is 0 Å². The highest BCUT2D eigenvalue weighted by molar-refractivity contribution is 5.80. The van der Waals surface area contributed by atoms with Gasteiger partial charge in [0.25, 0.3) is 0 Å². The van der Waals surface area contributed by atoms with E-state index in [1.54, 1.807) is 6.07 Å². The van der Waals surface area contributed by atoms with Crippen molar-refractivity contribution in [2.45, 2.75) is 42.4 Å². The van der Waals surface area contributed by atoms with Crippen LogP contribution in [0.4, 0.5) is 0 Å². The summed E-state index contributed by atoms with van der Waals surface area (Å²) in [6.45, 7) is 0.758. The molecule has 2 aliphatic heterocycles. The Morgan fingerprint density at radius 3 is 2.93 bits per heavy atom. The van der Waals surface area contributed by atoms with Gasteiger partial charge in [0.05, 0.1) is 16.7 Å². The molecule has 1 spiro atoms. The summed E-state index contributed by atoms with van der Waals surface area (Å²) in [6.07, 6.45) is 1.08. The number of H-pyrrole nitrogens is 1. The van der Waals surface area contributed by atoms with Crippen LogP contribution in [0.5, 0.6) is 11.5 Å². The third-order valence-electron chi connectivity index (χ3n) is 7.78. The topological polar surface area (TPSA) is 94.6 Å². The van der Waals surface area contributed by atoms with E-state index < -0.39 is 17.1 Å². The van der Waals surface area contributed by atoms with Gasteiger partial charge < -0.3 is 25.3 Å². The molecular formula is C23H20N2O4. The molecule has 6 heteroatoms. The van der Waals surface area contributed by atoms with Gasteiger partial charge in [-0.25, -0.2) is 0 Å². The molecule has 4 atom stereocenters. The Hall–Kier alpha value is -2.83. The Kier molecular flexibility index (Phi) is 2.67. The van der Waals surface area contributed by atoms with Gasteiger partial charge in [-0.1, -0.05) is 18.2 Å². The number of benzene rings is 2. The molecular weight excluding hydrogens is 368 g/mol. The van der Waals surface area contributed by atoms with Crippen LogP contribution in [0.15, 0.2) is 41.2 Å². The number of hydrogen-bond donors (Lipinski definition) is 4. The molecule has 0 unspecified atom stereocenters. The number of aliphatic hydroxyl groups is 1. The average molecular weight is 388 g/mol. The summed E-state index contributed by atoms with van der Waals surface area (Å²) < 4.78 is 6.40. The Morgan fingerprint density at radius 1 is 1.17 bits per heavy atom. The Morgan fingerprint density at radius 2 is 2.03 bits per heavy atom. The van der Waals surface area contributed by atoms with Crippen molar-refractivity contribution in [2.24, 2.45) is 0 Å². The Labute approximate surface area is 166 Å². The number of nitrogens with one attached hydrogen (secondary N) is 2. The maximum absolute atomic E-state index is 13.4. The SMILES string of the molecule is O=c1c2c([nH]c3ccccc13)[C@@H]1Oc3c(O)ccc4c3[C@@]13CCN[C@H](C4)[C@]3(O)C2. The molecule has 0 amide bonds. The zero-order valence-corrected chi connectivity index (χ0v) is 15.7. The molecule has 1 fully saturated rings. The van der Waals surface area contributed by atoms with Crippen LogP contribution >= 0.6 is 0 Å². The average Bonchev–Trinajstić information content (AvgIpc) is 3.06. The molecule has 0 saturated carbocycles. The van der Waals surface area contributed by atoms with Crippen LogP contribution < -0.4 is 15.5 Å². The van der Waals surface area contributed by atoms with Crippen molar-refractivity contribution in [3.8, 4) is 11.5 Å². The van der Waals surface area contributed by atoms with Crippen molar-refractivity contribution in [1.82, 2.24) is 10.3 Å². The largest absolute Gasteiger partial charge is 0.504 e. The van der Waals surface area contributed by atoms with Crippen LogP contribution in [0, 0.1) is 0 Å². The number of hydrogen-bond acceptors (Lipinski definition) is 5. The zero-order chi connectivity index (χ0) is 19.5. The Balaban J connectivity index is 1.62. The van der Waals surface area contributed by atoms with Crippen molar-refractivity contribution in [1.29, 1.82) is 0 Å². The summed E-state index contributed by atoms with van der Waals surface area (Å²) in [5, 5.41) is 26.9. The van der Waals surface area contributed by atoms with Crippen molar-refractivity contribution in [3.05, 3.63) is 69.0 Å². The predicted molar refractivity (Wildman–Crippen MR) is 106 cm³/mol. The van der Waals surface area contributed by atoms with E-state index >= 15 is 0 Å². The molecule has 7 rings (SSSR count). The van der Waals surface area contributed by atoms with Gasteiger partial charge in [-0.05, 0) is 43.1 Å². The maximum Gasteiger partial charge on any atom is 0.193 e. The van der Waals surface area contributed by atoms with Crippen molar-refractivity contribution < 1.29 is 14.9 Å². The lowest BCUT2D eigenvalue weighted by molar-refractivity contribution is -0.134. The van der Waals surface area contributed by atoms with E-state index in [0.717, 1.165) is 28.9 Å². The molecule has 2 aromatic carbocycles. The fourth-order valence-corrected chi connectivity index (χ4v) is 6.59. The number of phenolic OH excluding ortho intramolecular Hbond substituents is 1. The molecule has 3 heterocycles. The lowest BCUT2D eigenvalue weighted by atomic mass is 9.49. The van der Waals surface area contributed by atoms with E-state index in [1.807, 2.05) is 30.3 Å². The molecule has 146 valence electrons. The number of piperidine rings is 1. The number of aromatic amines is 1. The summed E-state index contributed by atoms with van der Waals surface area (Å²) in [5.74, 6) is 0.560. The van der Waals surface area contributed by atoms with Crippen LogP contribution in [0.25, 0.3) is 10.9 Å². The van der Waals surface area contributed by atoms with Gasteiger partial charge in [-0.2, -0.15) is 0 Å². The number of fused-ring (bicyclic) bond motifs is 3. The minimum absolute atomic E-state index is 0.0507. The van der Waals surface area contributed by atoms with Crippen LogP contribution in [0.3, 0.4) is 0 Å². The summed E-state index contributed by atoms with van der Waals surface area (Å²) in [7, 11) is 0. The smallest absolute Gasteiger partial charge is 0.193 e. The van der Waals surface area contributed by atoms with Crippen molar-refractivity contribution >= 4 is 10.9 Å². The zero-order valence-electron chi connectivity index (χ0n) is 15.7. The molecule has 0 radical (unpaired) electrons. The normalized spacial score (nSPS) is 33.1. The fourth-order valence-electron chi connectivity index (χ4n) is 6.59. The monoisotopic (exact) mass is 388 g/mol. The minimum atomic E-state index is -1.15. The van der Waals surface area contributed by atoms with Crippen LogP contribution in [0.1, 0.15) is 34.9 Å². The van der Waals surface area contributed by atoms with Gasteiger partial charge in [0, 0.05) is 34.5 Å². The maximum atomic E-state index is 13.4. The third-order valence-corrected chi connectivity index (χ3v) is 7.78. The van der Waals surface area contributed by atoms with Crippen LogP contribution in [0.2, 0.25) is 0 Å². The fraction of sp³-hybridized carbons (Fsp3) is 0.348. The highest BCUT2D eigenvalue weighted by atomic mass is 16.5. The van der Waals surface area contributed by atoms with E-state index in [-0.39, 0.29) is 23.6 Å². The molecule has 29 heavy (non-hydrogen) atoms. The summed E-state index contributed by atoms with van der Waals surface area (Å²) >= 11 is 0. The van der Waals surface area contributed by atoms with Crippen molar-refractivity contribution in [2.75, 3.05) is 6.54 Å². The number of pyridine rings is 1. The summed E-state index contributed by atoms with van der Waals surface area (Å²) in [6, 6.07) is 10.9. The van der Waals surface area contributed by atoms with E-state index in [0.29, 0.717) is 29.5 Å². The molecule has 2 bridgehead atoms. The second-order valence-electron chi connectivity index (χ2n) is 8.87. The quantitative estimate of drug-likeness (QED) is 0.471. The first-order valence-electron chi connectivity index (χ1n) is 10.2. The van der Waals surface area contributed by atoms with E-state index in [2.05, 4.69) is 10.3 Å². The summed E-state index contributed by atoms with van der Waals surface area (Å²) in [5.41, 5.74) is 2.26. The minimum Gasteiger partial charge on any atom is -0.504 e. The highest BCUT2D eigenvalue weighted by Crippen LogP contribution is 2.67. The molecule has 3 aromatic rings. The number of para-hydroxylation sites is 1. The van der Waals surface area contributed by atoms with Crippen molar-refractivity contribution in [3.63, 3.8) is 0 Å². The molecule has 1 saturated heterocycles. The first-order chi connectivity index (χ1) is 14.0. The first-order valence-corrected chi connectivity index (χ1v) is 10.2. The van der Waals surface area contributed by atoms with E-state index in [4.69, 9.17) is 4.74 Å². The second kappa shape index (κ2) is 4.83. The first kappa shape index (κ1) is 16.0. The molecule has 6 nitrogen and oxygen atoms in total. The predicted octanol–water partition coefficient (Wildman–Crippen LogP) is 1.81. The van der Waals surface area contributed by atoms with Gasteiger partial charge in [-0.3, -0.25) is 4.79 Å². The number of rotatable bonds is 0. The molecule has 4 N–H and O–H groups in total. The summed E-state index contributed by atoms with van der Waals surface area (Å²) in [4.78, 5) is 16.8. The van der Waals surface area contributed by atoms with Crippen LogP contribution in [-0.2, 0) is 18.3 Å². The standard InChI is InChI=1S/C23H20N2O4/c26-15-6-5-11-9-16-23(28)10-13-18(25-14-4-2-1-3-12(14)19(13)27)21-22(23,7-8-24-16)17(11)20(15)29-21/h1-6,16,21,24,26,28H,7-10H2,(H,25,27)/t16-,21+,22+,23-/m1/s1. The lowest BCUT2D eigenvalue weighted by Gasteiger charge is -2.60. The highest BCUT2D eigenvalue weighted by Gasteiger charge is 2.71. The Bertz CT molecular complexity index is 1300. The lowest BCUT2D eigenvalue weighted by Crippen LogP contribution is -2.74. The van der Waals surface area contributed by atoms with Gasteiger partial charge in [0.1, 0.15) is 0 Å². The molecule has 2 aliphatic carbocycles. The number of phenols is 1. The van der Waals surface area contributed by atoms with E-state index in [9.17, 15) is 15.0 Å². The molecule has 4 aliphatic rings. The number of ether oxygens (including phenoxy) is 1.